The van der Waals surface area contributed by atoms with Crippen molar-refractivity contribution in [1.82, 2.24) is 15.4 Å². The van der Waals surface area contributed by atoms with Crippen molar-refractivity contribution in [3.05, 3.63) is 47.2 Å². The molecule has 2 N–H and O–H groups in total. The number of benzene rings is 1. The monoisotopic (exact) mass is 384 g/mol. The number of anilines is 1. The number of hydrogen-bond acceptors (Lipinski definition) is 6. The van der Waals surface area contributed by atoms with Gasteiger partial charge in [0.1, 0.15) is 11.8 Å². The van der Waals surface area contributed by atoms with E-state index < -0.39 is 11.9 Å². The van der Waals surface area contributed by atoms with Crippen molar-refractivity contribution in [2.45, 2.75) is 32.7 Å². The normalized spacial score (nSPS) is 14.0. The number of fused-ring (bicyclic) bond motifs is 1. The van der Waals surface area contributed by atoms with E-state index in [0.29, 0.717) is 23.3 Å². The highest BCUT2D eigenvalue weighted by atomic mass is 16.5. The summed E-state index contributed by atoms with van der Waals surface area (Å²) in [5.74, 6) is -0.653. The molecule has 9 nitrogen and oxygen atoms in total. The number of aryl methyl sites for hydroxylation is 1. The molecule has 0 unspecified atom stereocenters. The average Bonchev–Trinajstić information content (AvgIpc) is 3.18. The standard InChI is InChI=1S/C19H20N4O5/c1-11-10-15(22-28-11)21-17(25)12(2)20-16(24)8-5-9-23-18(26)13-6-3-4-7-14(13)19(23)27/h3-4,6-7,10,12H,5,8-9H2,1-2H3,(H,20,24)(H,21,22,25)/t12-/m1/s1. The smallest absolute Gasteiger partial charge is 0.261 e. The Hall–Kier alpha value is -3.49. The van der Waals surface area contributed by atoms with Gasteiger partial charge in [0.25, 0.3) is 11.8 Å². The predicted molar refractivity (Wildman–Crippen MR) is 98.5 cm³/mol. The molecule has 0 saturated heterocycles. The van der Waals surface area contributed by atoms with Crippen LogP contribution in [0.2, 0.25) is 0 Å². The highest BCUT2D eigenvalue weighted by Gasteiger charge is 2.34. The van der Waals surface area contributed by atoms with Crippen LogP contribution in [0, 0.1) is 6.92 Å². The van der Waals surface area contributed by atoms with Gasteiger partial charge in [-0.1, -0.05) is 17.3 Å². The summed E-state index contributed by atoms with van der Waals surface area (Å²) in [5, 5.41) is 8.76. The Bertz CT molecular complexity index is 901. The minimum absolute atomic E-state index is 0.0775. The van der Waals surface area contributed by atoms with Crippen molar-refractivity contribution < 1.29 is 23.7 Å². The second kappa shape index (κ2) is 8.03. The third kappa shape index (κ3) is 4.08. The van der Waals surface area contributed by atoms with E-state index in [0.717, 1.165) is 4.90 Å². The minimum Gasteiger partial charge on any atom is -0.360 e. The van der Waals surface area contributed by atoms with Crippen molar-refractivity contribution in [2.24, 2.45) is 0 Å². The van der Waals surface area contributed by atoms with Gasteiger partial charge in [-0.25, -0.2) is 0 Å². The third-order valence-electron chi connectivity index (χ3n) is 4.31. The van der Waals surface area contributed by atoms with E-state index >= 15 is 0 Å². The molecule has 1 aromatic carbocycles. The second-order valence-electron chi connectivity index (χ2n) is 6.51. The summed E-state index contributed by atoms with van der Waals surface area (Å²) >= 11 is 0. The molecule has 3 rings (SSSR count). The van der Waals surface area contributed by atoms with Gasteiger partial charge < -0.3 is 15.2 Å². The fourth-order valence-electron chi connectivity index (χ4n) is 2.88. The van der Waals surface area contributed by atoms with E-state index in [2.05, 4.69) is 15.8 Å². The molecule has 0 fully saturated rings. The number of nitrogens with one attached hydrogen (secondary N) is 2. The zero-order valence-electron chi connectivity index (χ0n) is 15.5. The van der Waals surface area contributed by atoms with E-state index in [-0.39, 0.29) is 36.5 Å². The van der Waals surface area contributed by atoms with Crippen LogP contribution in [0.4, 0.5) is 5.82 Å². The Morgan fingerprint density at radius 2 is 1.82 bits per heavy atom. The highest BCUT2D eigenvalue weighted by molar-refractivity contribution is 6.21. The number of rotatable bonds is 7. The number of hydrogen-bond donors (Lipinski definition) is 2. The number of nitrogens with zero attached hydrogens (tertiary/aromatic N) is 2. The van der Waals surface area contributed by atoms with Gasteiger partial charge in [0.05, 0.1) is 11.1 Å². The number of carbonyl (C=O) groups excluding carboxylic acids is 4. The van der Waals surface area contributed by atoms with E-state index in [9.17, 15) is 19.2 Å². The molecule has 0 radical (unpaired) electrons. The largest absolute Gasteiger partial charge is 0.360 e. The summed E-state index contributed by atoms with van der Waals surface area (Å²) in [6.45, 7) is 3.38. The van der Waals surface area contributed by atoms with Crippen LogP contribution in [-0.2, 0) is 9.59 Å². The molecule has 1 atom stereocenters. The van der Waals surface area contributed by atoms with Crippen LogP contribution in [0.1, 0.15) is 46.2 Å². The summed E-state index contributed by atoms with van der Waals surface area (Å²) in [6, 6.07) is 7.41. The molecular formula is C19H20N4O5. The van der Waals surface area contributed by atoms with E-state index in [1.807, 2.05) is 0 Å². The van der Waals surface area contributed by atoms with Crippen LogP contribution in [0.5, 0.6) is 0 Å². The Kier molecular flexibility index (Phi) is 5.53. The molecule has 0 bridgehead atoms. The third-order valence-corrected chi connectivity index (χ3v) is 4.31. The molecule has 4 amide bonds. The SMILES string of the molecule is Cc1cc(NC(=O)[C@@H](C)NC(=O)CCCN2C(=O)c3ccccc3C2=O)no1. The van der Waals surface area contributed by atoms with Crippen molar-refractivity contribution in [2.75, 3.05) is 11.9 Å². The van der Waals surface area contributed by atoms with Gasteiger partial charge >= 0.3 is 0 Å². The highest BCUT2D eigenvalue weighted by Crippen LogP contribution is 2.22. The maximum absolute atomic E-state index is 12.3. The molecule has 0 aliphatic carbocycles. The first kappa shape index (κ1) is 19.3. The van der Waals surface area contributed by atoms with Crippen molar-refractivity contribution in [3.8, 4) is 0 Å². The van der Waals surface area contributed by atoms with Gasteiger partial charge in [-0.15, -0.1) is 0 Å². The van der Waals surface area contributed by atoms with Gasteiger partial charge in [0.2, 0.25) is 11.8 Å². The summed E-state index contributed by atoms with van der Waals surface area (Å²) in [5.41, 5.74) is 0.760. The zero-order chi connectivity index (χ0) is 20.3. The molecule has 9 heteroatoms. The fraction of sp³-hybridized carbons (Fsp3) is 0.316. The topological polar surface area (TPSA) is 122 Å². The van der Waals surface area contributed by atoms with Gasteiger partial charge in [-0.2, -0.15) is 0 Å². The first-order valence-corrected chi connectivity index (χ1v) is 8.85. The molecule has 0 saturated carbocycles. The first-order chi connectivity index (χ1) is 13.4. The molecule has 1 aliphatic rings. The number of aromatic nitrogens is 1. The lowest BCUT2D eigenvalue weighted by atomic mass is 10.1. The maximum atomic E-state index is 12.3. The summed E-state index contributed by atoms with van der Waals surface area (Å²) < 4.78 is 4.86. The number of carbonyl (C=O) groups is 4. The van der Waals surface area contributed by atoms with Crippen LogP contribution in [0.25, 0.3) is 0 Å². The minimum atomic E-state index is -0.774. The lowest BCUT2D eigenvalue weighted by Gasteiger charge is -2.15. The Morgan fingerprint density at radius 1 is 1.18 bits per heavy atom. The van der Waals surface area contributed by atoms with Gasteiger partial charge in [-0.3, -0.25) is 24.1 Å². The molecule has 2 heterocycles. The summed E-state index contributed by atoms with van der Waals surface area (Å²) in [4.78, 5) is 49.8. The van der Waals surface area contributed by atoms with Crippen LogP contribution in [0.15, 0.2) is 34.9 Å². The predicted octanol–water partition coefficient (Wildman–Crippen LogP) is 1.50. The quantitative estimate of drug-likeness (QED) is 0.698. The fourth-order valence-corrected chi connectivity index (χ4v) is 2.88. The number of amides is 4. The van der Waals surface area contributed by atoms with Crippen molar-refractivity contribution in [3.63, 3.8) is 0 Å². The van der Waals surface area contributed by atoms with E-state index in [1.54, 1.807) is 44.2 Å². The van der Waals surface area contributed by atoms with Gasteiger partial charge in [0, 0.05) is 19.0 Å². The second-order valence-corrected chi connectivity index (χ2v) is 6.51. The molecule has 1 aliphatic heterocycles. The van der Waals surface area contributed by atoms with Crippen molar-refractivity contribution in [1.29, 1.82) is 0 Å². The van der Waals surface area contributed by atoms with Crippen LogP contribution in [0.3, 0.4) is 0 Å². The van der Waals surface area contributed by atoms with Crippen LogP contribution < -0.4 is 10.6 Å². The molecule has 0 spiro atoms. The molecule has 2 aromatic rings. The summed E-state index contributed by atoms with van der Waals surface area (Å²) in [7, 11) is 0. The first-order valence-electron chi connectivity index (χ1n) is 8.85. The maximum Gasteiger partial charge on any atom is 0.261 e. The molecular weight excluding hydrogens is 364 g/mol. The zero-order valence-corrected chi connectivity index (χ0v) is 15.5. The molecule has 1 aromatic heterocycles. The van der Waals surface area contributed by atoms with Crippen LogP contribution >= 0.6 is 0 Å². The van der Waals surface area contributed by atoms with Gasteiger partial charge in [-0.05, 0) is 32.4 Å². The Balaban J connectivity index is 1.44. The van der Waals surface area contributed by atoms with Crippen molar-refractivity contribution >= 4 is 29.4 Å². The lowest BCUT2D eigenvalue weighted by molar-refractivity contribution is -0.126. The lowest BCUT2D eigenvalue weighted by Crippen LogP contribution is -2.42. The van der Waals surface area contributed by atoms with Crippen LogP contribution in [-0.4, -0.2) is 46.3 Å². The molecule has 146 valence electrons. The Morgan fingerprint density at radius 3 is 2.39 bits per heavy atom. The number of imide groups is 1. The summed E-state index contributed by atoms with van der Waals surface area (Å²) in [6.07, 6.45) is 0.377. The molecule has 28 heavy (non-hydrogen) atoms. The average molecular weight is 384 g/mol. The van der Waals surface area contributed by atoms with E-state index in [4.69, 9.17) is 4.52 Å². The van der Waals surface area contributed by atoms with E-state index in [1.165, 1.54) is 0 Å². The van der Waals surface area contributed by atoms with Gasteiger partial charge in [0.15, 0.2) is 5.82 Å². The Labute approximate surface area is 161 Å².